The normalized spacial score (nSPS) is 11.8. The second-order valence-electron chi connectivity index (χ2n) is 3.64. The van der Waals surface area contributed by atoms with Crippen LogP contribution in [0.4, 0.5) is 5.69 Å². The highest BCUT2D eigenvalue weighted by molar-refractivity contribution is 6.42. The summed E-state index contributed by atoms with van der Waals surface area (Å²) in [6, 6.07) is 4.48. The van der Waals surface area contributed by atoms with Crippen LogP contribution in [0.5, 0.6) is 0 Å². The summed E-state index contributed by atoms with van der Waals surface area (Å²) in [5.41, 5.74) is 0.290. The lowest BCUT2D eigenvalue weighted by molar-refractivity contribution is -0.136. The summed E-state index contributed by atoms with van der Waals surface area (Å²) in [6.07, 6.45) is -0.721. The summed E-state index contributed by atoms with van der Waals surface area (Å²) in [6.45, 7) is 1.49. The van der Waals surface area contributed by atoms with Gasteiger partial charge in [0.2, 0.25) is 0 Å². The van der Waals surface area contributed by atoms with Crippen LogP contribution in [0.2, 0.25) is 10.0 Å². The summed E-state index contributed by atoms with van der Waals surface area (Å²) in [7, 11) is 0. The van der Waals surface area contributed by atoms with E-state index in [1.807, 2.05) is 0 Å². The number of benzene rings is 1. The number of hydrogen-bond acceptors (Lipinski definition) is 3. The number of carbonyl (C=O) groups excluding carboxylic acids is 2. The van der Waals surface area contributed by atoms with E-state index >= 15 is 0 Å². The predicted molar refractivity (Wildman–Crippen MR) is 69.8 cm³/mol. The quantitative estimate of drug-likeness (QED) is 0.737. The van der Waals surface area contributed by atoms with Crippen molar-refractivity contribution in [2.24, 2.45) is 0 Å². The fourth-order valence-electron chi connectivity index (χ4n) is 1.09. The van der Waals surface area contributed by atoms with Gasteiger partial charge >= 0.3 is 11.8 Å². The second kappa shape index (κ2) is 6.58. The van der Waals surface area contributed by atoms with Crippen molar-refractivity contribution in [2.75, 3.05) is 11.9 Å². The van der Waals surface area contributed by atoms with Gasteiger partial charge in [-0.3, -0.25) is 9.59 Å². The van der Waals surface area contributed by atoms with Crippen molar-refractivity contribution in [3.05, 3.63) is 28.2 Å². The highest BCUT2D eigenvalue weighted by Gasteiger charge is 2.15. The first-order valence-corrected chi connectivity index (χ1v) is 5.88. The van der Waals surface area contributed by atoms with Crippen LogP contribution in [0.25, 0.3) is 0 Å². The SMILES string of the molecule is CC(O)CNC(=O)C(=O)Nc1ccc(Cl)cc1Cl. The van der Waals surface area contributed by atoms with Gasteiger partial charge in [0.15, 0.2) is 0 Å². The minimum atomic E-state index is -0.861. The zero-order valence-corrected chi connectivity index (χ0v) is 11.0. The minimum Gasteiger partial charge on any atom is -0.392 e. The van der Waals surface area contributed by atoms with Crippen LogP contribution in [0.3, 0.4) is 0 Å². The highest BCUT2D eigenvalue weighted by Crippen LogP contribution is 2.25. The summed E-state index contributed by atoms with van der Waals surface area (Å²) < 4.78 is 0. The van der Waals surface area contributed by atoms with E-state index in [4.69, 9.17) is 28.3 Å². The topological polar surface area (TPSA) is 78.4 Å². The van der Waals surface area contributed by atoms with Crippen LogP contribution in [-0.2, 0) is 9.59 Å². The van der Waals surface area contributed by atoms with Crippen molar-refractivity contribution in [2.45, 2.75) is 13.0 Å². The summed E-state index contributed by atoms with van der Waals surface area (Å²) >= 11 is 11.5. The van der Waals surface area contributed by atoms with E-state index in [-0.39, 0.29) is 11.6 Å². The van der Waals surface area contributed by atoms with Gasteiger partial charge in [0.25, 0.3) is 0 Å². The molecule has 0 aromatic heterocycles. The molecule has 5 nitrogen and oxygen atoms in total. The number of carbonyl (C=O) groups is 2. The van der Waals surface area contributed by atoms with Gasteiger partial charge in [0.05, 0.1) is 16.8 Å². The molecule has 0 fully saturated rings. The number of nitrogens with one attached hydrogen (secondary N) is 2. The maximum Gasteiger partial charge on any atom is 0.313 e. The molecule has 0 spiro atoms. The van der Waals surface area contributed by atoms with Crippen molar-refractivity contribution in [1.29, 1.82) is 0 Å². The fraction of sp³-hybridized carbons (Fsp3) is 0.273. The van der Waals surface area contributed by atoms with E-state index in [2.05, 4.69) is 10.6 Å². The Balaban J connectivity index is 2.61. The molecule has 2 amide bonds. The molecule has 7 heteroatoms. The predicted octanol–water partition coefficient (Wildman–Crippen LogP) is 1.43. The molecular weight excluding hydrogens is 279 g/mol. The van der Waals surface area contributed by atoms with Gasteiger partial charge in [0, 0.05) is 11.6 Å². The molecule has 0 aliphatic rings. The van der Waals surface area contributed by atoms with Crippen molar-refractivity contribution in [3.8, 4) is 0 Å². The first-order chi connectivity index (χ1) is 8.40. The highest BCUT2D eigenvalue weighted by atomic mass is 35.5. The standard InChI is InChI=1S/C11H12Cl2N2O3/c1-6(16)5-14-10(17)11(18)15-9-3-2-7(12)4-8(9)13/h2-4,6,16H,5H2,1H3,(H,14,17)(H,15,18). The summed E-state index contributed by atoms with van der Waals surface area (Å²) in [5, 5.41) is 14.2. The third-order valence-electron chi connectivity index (χ3n) is 1.94. The maximum absolute atomic E-state index is 11.5. The molecule has 1 atom stereocenters. The Hall–Kier alpha value is -1.30. The van der Waals surface area contributed by atoms with Gasteiger partial charge in [-0.1, -0.05) is 23.2 Å². The molecule has 0 saturated carbocycles. The van der Waals surface area contributed by atoms with Crippen LogP contribution >= 0.6 is 23.2 Å². The van der Waals surface area contributed by atoms with Gasteiger partial charge in [-0.05, 0) is 25.1 Å². The monoisotopic (exact) mass is 290 g/mol. The van der Waals surface area contributed by atoms with Crippen LogP contribution in [0.15, 0.2) is 18.2 Å². The Morgan fingerprint density at radius 3 is 2.56 bits per heavy atom. The van der Waals surface area contributed by atoms with E-state index in [0.717, 1.165) is 0 Å². The molecule has 1 aromatic rings. The lowest BCUT2D eigenvalue weighted by Gasteiger charge is -2.09. The van der Waals surface area contributed by atoms with Crippen LogP contribution < -0.4 is 10.6 Å². The molecule has 18 heavy (non-hydrogen) atoms. The summed E-state index contributed by atoms with van der Waals surface area (Å²) in [4.78, 5) is 22.8. The molecule has 3 N–H and O–H groups in total. The van der Waals surface area contributed by atoms with Crippen molar-refractivity contribution in [3.63, 3.8) is 0 Å². The molecular formula is C11H12Cl2N2O3. The molecule has 0 saturated heterocycles. The fourth-order valence-corrected chi connectivity index (χ4v) is 1.55. The number of aliphatic hydroxyl groups is 1. The molecule has 0 bridgehead atoms. The Kier molecular flexibility index (Phi) is 5.40. The van der Waals surface area contributed by atoms with Crippen LogP contribution in [0.1, 0.15) is 6.92 Å². The van der Waals surface area contributed by atoms with Gasteiger partial charge in [-0.15, -0.1) is 0 Å². The zero-order chi connectivity index (χ0) is 13.7. The zero-order valence-electron chi connectivity index (χ0n) is 9.54. The van der Waals surface area contributed by atoms with E-state index in [1.165, 1.54) is 25.1 Å². The van der Waals surface area contributed by atoms with Crippen molar-refractivity contribution >= 4 is 40.7 Å². The molecule has 0 radical (unpaired) electrons. The third kappa shape index (κ3) is 4.52. The largest absolute Gasteiger partial charge is 0.392 e. The second-order valence-corrected chi connectivity index (χ2v) is 4.48. The average molecular weight is 291 g/mol. The molecule has 1 rings (SSSR count). The first-order valence-electron chi connectivity index (χ1n) is 5.12. The van der Waals surface area contributed by atoms with Gasteiger partial charge < -0.3 is 15.7 Å². The minimum absolute atomic E-state index is 0.000599. The molecule has 1 aromatic carbocycles. The molecule has 98 valence electrons. The number of aliphatic hydroxyl groups excluding tert-OH is 1. The molecule has 0 aliphatic heterocycles. The van der Waals surface area contributed by atoms with E-state index in [9.17, 15) is 9.59 Å². The van der Waals surface area contributed by atoms with Crippen LogP contribution in [0, 0.1) is 0 Å². The first kappa shape index (κ1) is 14.8. The lowest BCUT2D eigenvalue weighted by atomic mass is 10.3. The summed E-state index contributed by atoms with van der Waals surface area (Å²) in [5.74, 6) is -1.71. The number of rotatable bonds is 3. The van der Waals surface area contributed by atoms with E-state index in [0.29, 0.717) is 10.7 Å². The van der Waals surface area contributed by atoms with Crippen molar-refractivity contribution in [1.82, 2.24) is 5.32 Å². The van der Waals surface area contributed by atoms with E-state index < -0.39 is 17.9 Å². The maximum atomic E-state index is 11.5. The number of hydrogen-bond donors (Lipinski definition) is 3. The molecule has 1 unspecified atom stereocenters. The molecule has 0 heterocycles. The van der Waals surface area contributed by atoms with Crippen molar-refractivity contribution < 1.29 is 14.7 Å². The smallest absolute Gasteiger partial charge is 0.313 e. The average Bonchev–Trinajstić information content (AvgIpc) is 2.29. The number of anilines is 1. The van der Waals surface area contributed by atoms with Gasteiger partial charge in [0.1, 0.15) is 0 Å². The Morgan fingerprint density at radius 1 is 1.33 bits per heavy atom. The molecule has 0 aliphatic carbocycles. The third-order valence-corrected chi connectivity index (χ3v) is 2.49. The Bertz CT molecular complexity index is 464. The number of halogens is 2. The number of amides is 2. The van der Waals surface area contributed by atoms with Crippen LogP contribution in [-0.4, -0.2) is 29.6 Å². The lowest BCUT2D eigenvalue weighted by Crippen LogP contribution is -2.38. The van der Waals surface area contributed by atoms with E-state index in [1.54, 1.807) is 0 Å². The Morgan fingerprint density at radius 2 is 2.00 bits per heavy atom. The van der Waals surface area contributed by atoms with Gasteiger partial charge in [-0.25, -0.2) is 0 Å². The van der Waals surface area contributed by atoms with Gasteiger partial charge in [-0.2, -0.15) is 0 Å². The Labute approximate surface area is 114 Å².